The lowest BCUT2D eigenvalue weighted by molar-refractivity contribution is -0.113. The van der Waals surface area contributed by atoms with E-state index in [0.717, 1.165) is 21.7 Å². The molecule has 0 aliphatic rings. The van der Waals surface area contributed by atoms with Crippen LogP contribution in [0.15, 0.2) is 51.4 Å². The summed E-state index contributed by atoms with van der Waals surface area (Å²) in [6.07, 6.45) is 0. The summed E-state index contributed by atoms with van der Waals surface area (Å²) in [7, 11) is 0. The predicted molar refractivity (Wildman–Crippen MR) is 104 cm³/mol. The Morgan fingerprint density at radius 2 is 2.12 bits per heavy atom. The lowest BCUT2D eigenvalue weighted by atomic mass is 10.3. The van der Waals surface area contributed by atoms with Crippen LogP contribution in [0.2, 0.25) is 0 Å². The third-order valence-corrected chi connectivity index (χ3v) is 5.95. The van der Waals surface area contributed by atoms with E-state index in [-0.39, 0.29) is 11.7 Å². The fourth-order valence-electron chi connectivity index (χ4n) is 2.21. The number of rotatable bonds is 5. The number of thiophene rings is 1. The summed E-state index contributed by atoms with van der Waals surface area (Å²) in [6.45, 7) is 2.06. The molecule has 0 saturated carbocycles. The Hall–Kier alpha value is -2.16. The Kier molecular flexibility index (Phi) is 4.56. The van der Waals surface area contributed by atoms with E-state index >= 15 is 0 Å². The van der Waals surface area contributed by atoms with Crippen LogP contribution in [0.25, 0.3) is 21.7 Å². The molecule has 5 nitrogen and oxygen atoms in total. The third kappa shape index (κ3) is 3.76. The Bertz CT molecular complexity index is 1000. The van der Waals surface area contributed by atoms with Crippen molar-refractivity contribution in [3.8, 4) is 10.6 Å². The first-order chi connectivity index (χ1) is 12.2. The SMILES string of the molecule is Cc1ccc(-c2csc(NC(=O)CSc3nc4ccccc4o3)n2)s1. The molecule has 0 radical (unpaired) electrons. The minimum atomic E-state index is -0.129. The molecule has 0 bridgehead atoms. The number of hydrogen-bond donors (Lipinski definition) is 1. The largest absolute Gasteiger partial charge is 0.431 e. The number of nitrogens with zero attached hydrogens (tertiary/aromatic N) is 2. The Morgan fingerprint density at radius 3 is 2.92 bits per heavy atom. The fraction of sp³-hybridized carbons (Fsp3) is 0.118. The van der Waals surface area contributed by atoms with Crippen LogP contribution in [0.4, 0.5) is 5.13 Å². The summed E-state index contributed by atoms with van der Waals surface area (Å²) in [6, 6.07) is 11.6. The van der Waals surface area contributed by atoms with E-state index in [4.69, 9.17) is 4.42 Å². The van der Waals surface area contributed by atoms with Gasteiger partial charge < -0.3 is 9.73 Å². The molecule has 25 heavy (non-hydrogen) atoms. The number of aryl methyl sites for hydroxylation is 1. The van der Waals surface area contributed by atoms with Gasteiger partial charge in [-0.2, -0.15) is 0 Å². The number of carbonyl (C=O) groups excluding carboxylic acids is 1. The van der Waals surface area contributed by atoms with Gasteiger partial charge in [0.15, 0.2) is 10.7 Å². The molecule has 0 aliphatic carbocycles. The summed E-state index contributed by atoms with van der Waals surface area (Å²) >= 11 is 4.38. The van der Waals surface area contributed by atoms with Gasteiger partial charge in [-0.3, -0.25) is 4.79 Å². The molecular formula is C17H13N3O2S3. The molecule has 0 saturated heterocycles. The molecule has 0 unspecified atom stereocenters. The Labute approximate surface area is 156 Å². The molecule has 0 atom stereocenters. The highest BCUT2D eigenvalue weighted by Gasteiger charge is 2.12. The maximum absolute atomic E-state index is 12.1. The number of oxazole rings is 1. The molecule has 126 valence electrons. The summed E-state index contributed by atoms with van der Waals surface area (Å²) in [4.78, 5) is 23.3. The number of fused-ring (bicyclic) bond motifs is 1. The van der Waals surface area contributed by atoms with E-state index in [1.54, 1.807) is 11.3 Å². The predicted octanol–water partition coefficient (Wildman–Crippen LogP) is 5.05. The van der Waals surface area contributed by atoms with Gasteiger partial charge in [0.05, 0.1) is 16.3 Å². The van der Waals surface area contributed by atoms with Crippen molar-refractivity contribution >= 4 is 56.6 Å². The van der Waals surface area contributed by atoms with E-state index in [9.17, 15) is 4.79 Å². The van der Waals surface area contributed by atoms with Crippen LogP contribution in [0, 0.1) is 6.92 Å². The van der Waals surface area contributed by atoms with Crippen molar-refractivity contribution in [2.45, 2.75) is 12.1 Å². The molecule has 1 N–H and O–H groups in total. The van der Waals surface area contributed by atoms with E-state index in [2.05, 4.69) is 28.3 Å². The molecule has 4 rings (SSSR count). The maximum Gasteiger partial charge on any atom is 0.257 e. The molecule has 0 fully saturated rings. The second kappa shape index (κ2) is 6.99. The summed E-state index contributed by atoms with van der Waals surface area (Å²) in [5, 5.41) is 5.87. The highest BCUT2D eigenvalue weighted by Crippen LogP contribution is 2.30. The molecule has 0 aliphatic heterocycles. The molecule has 4 aromatic rings. The molecular weight excluding hydrogens is 374 g/mol. The molecule has 1 amide bonds. The van der Waals surface area contributed by atoms with Gasteiger partial charge in [0, 0.05) is 10.3 Å². The zero-order valence-electron chi connectivity index (χ0n) is 13.2. The Morgan fingerprint density at radius 1 is 1.24 bits per heavy atom. The van der Waals surface area contributed by atoms with Crippen molar-refractivity contribution in [3.63, 3.8) is 0 Å². The van der Waals surface area contributed by atoms with Gasteiger partial charge in [0.1, 0.15) is 5.52 Å². The first-order valence-corrected chi connectivity index (χ1v) is 10.2. The number of thioether (sulfide) groups is 1. The number of anilines is 1. The van der Waals surface area contributed by atoms with Crippen molar-refractivity contribution in [1.29, 1.82) is 0 Å². The van der Waals surface area contributed by atoms with Crippen LogP contribution >= 0.6 is 34.4 Å². The normalized spacial score (nSPS) is 11.1. The highest BCUT2D eigenvalue weighted by atomic mass is 32.2. The highest BCUT2D eigenvalue weighted by molar-refractivity contribution is 7.99. The number of benzene rings is 1. The van der Waals surface area contributed by atoms with Gasteiger partial charge in [-0.15, -0.1) is 22.7 Å². The lowest BCUT2D eigenvalue weighted by Crippen LogP contribution is -2.13. The average molecular weight is 388 g/mol. The van der Waals surface area contributed by atoms with E-state index in [1.165, 1.54) is 28.0 Å². The van der Waals surface area contributed by atoms with Gasteiger partial charge >= 0.3 is 0 Å². The number of thiazole rings is 1. The van der Waals surface area contributed by atoms with E-state index in [1.807, 2.05) is 35.7 Å². The number of carbonyl (C=O) groups is 1. The van der Waals surface area contributed by atoms with Crippen LogP contribution < -0.4 is 5.32 Å². The van der Waals surface area contributed by atoms with Gasteiger partial charge in [-0.05, 0) is 31.2 Å². The maximum atomic E-state index is 12.1. The Balaban J connectivity index is 1.36. The quantitative estimate of drug-likeness (QED) is 0.485. The molecule has 1 aromatic carbocycles. The standard InChI is InChI=1S/C17H13N3O2S3/c1-10-6-7-14(25-10)12-8-23-16(18-12)20-15(21)9-24-17-19-11-4-2-3-5-13(11)22-17/h2-8H,9H2,1H3,(H,18,20,21). The second-order valence-electron chi connectivity index (χ2n) is 5.23. The van der Waals surface area contributed by atoms with E-state index < -0.39 is 0 Å². The zero-order chi connectivity index (χ0) is 17.2. The molecule has 3 aromatic heterocycles. The third-order valence-electron chi connectivity index (χ3n) is 3.34. The van der Waals surface area contributed by atoms with Crippen molar-refractivity contribution in [1.82, 2.24) is 9.97 Å². The second-order valence-corrected chi connectivity index (χ2v) is 8.31. The molecule has 8 heteroatoms. The van der Waals surface area contributed by atoms with E-state index in [0.29, 0.717) is 10.4 Å². The van der Waals surface area contributed by atoms with Gasteiger partial charge in [0.25, 0.3) is 5.22 Å². The average Bonchev–Trinajstić information content (AvgIpc) is 3.31. The van der Waals surface area contributed by atoms with Gasteiger partial charge in [-0.1, -0.05) is 23.9 Å². The number of para-hydroxylation sites is 2. The lowest BCUT2D eigenvalue weighted by Gasteiger charge is -1.99. The fourth-order valence-corrected chi connectivity index (χ4v) is 4.48. The smallest absolute Gasteiger partial charge is 0.257 e. The molecule has 0 spiro atoms. The van der Waals surface area contributed by atoms with Crippen LogP contribution in [0.5, 0.6) is 0 Å². The van der Waals surface area contributed by atoms with Crippen LogP contribution in [0.3, 0.4) is 0 Å². The van der Waals surface area contributed by atoms with Crippen molar-refractivity contribution in [2.75, 3.05) is 11.1 Å². The number of nitrogens with one attached hydrogen (secondary N) is 1. The van der Waals surface area contributed by atoms with Gasteiger partial charge in [-0.25, -0.2) is 9.97 Å². The van der Waals surface area contributed by atoms with Crippen LogP contribution in [-0.2, 0) is 4.79 Å². The topological polar surface area (TPSA) is 68.0 Å². The minimum absolute atomic E-state index is 0.129. The van der Waals surface area contributed by atoms with Crippen molar-refractivity contribution in [3.05, 3.63) is 46.7 Å². The monoisotopic (exact) mass is 387 g/mol. The van der Waals surface area contributed by atoms with Crippen molar-refractivity contribution < 1.29 is 9.21 Å². The molecule has 3 heterocycles. The first kappa shape index (κ1) is 16.3. The number of aromatic nitrogens is 2. The zero-order valence-corrected chi connectivity index (χ0v) is 15.6. The minimum Gasteiger partial charge on any atom is -0.431 e. The van der Waals surface area contributed by atoms with Crippen LogP contribution in [0.1, 0.15) is 4.88 Å². The summed E-state index contributed by atoms with van der Waals surface area (Å²) in [5.74, 6) is 0.0929. The number of amides is 1. The first-order valence-electron chi connectivity index (χ1n) is 7.48. The number of hydrogen-bond acceptors (Lipinski definition) is 7. The van der Waals surface area contributed by atoms with Crippen LogP contribution in [-0.4, -0.2) is 21.6 Å². The van der Waals surface area contributed by atoms with Crippen molar-refractivity contribution in [2.24, 2.45) is 0 Å². The summed E-state index contributed by atoms with van der Waals surface area (Å²) < 4.78 is 5.59. The summed E-state index contributed by atoms with van der Waals surface area (Å²) in [5.41, 5.74) is 2.41. The van der Waals surface area contributed by atoms with Gasteiger partial charge in [0.2, 0.25) is 5.91 Å².